The highest BCUT2D eigenvalue weighted by Gasteiger charge is 2.15. The molecule has 7 heteroatoms. The van der Waals surface area contributed by atoms with Gasteiger partial charge in [0.25, 0.3) is 5.91 Å². The summed E-state index contributed by atoms with van der Waals surface area (Å²) in [5.41, 5.74) is 0.958. The first kappa shape index (κ1) is 15.1. The first-order chi connectivity index (χ1) is 11.0. The number of carbonyl (C=O) groups is 1. The number of rotatable bonds is 3. The molecule has 0 saturated heterocycles. The van der Waals surface area contributed by atoms with Crippen molar-refractivity contribution in [1.29, 1.82) is 0 Å². The summed E-state index contributed by atoms with van der Waals surface area (Å²) in [6, 6.07) is 11.9. The highest BCUT2D eigenvalue weighted by Crippen LogP contribution is 2.17. The first-order valence-electron chi connectivity index (χ1n) is 6.68. The van der Waals surface area contributed by atoms with Crippen LogP contribution >= 0.6 is 12.2 Å². The molecule has 2 aromatic carbocycles. The van der Waals surface area contributed by atoms with Crippen LogP contribution in [0.25, 0.3) is 5.69 Å². The van der Waals surface area contributed by atoms with Crippen LogP contribution in [-0.4, -0.2) is 15.5 Å². The zero-order valence-electron chi connectivity index (χ0n) is 11.7. The smallest absolute Gasteiger partial charge is 0.274 e. The van der Waals surface area contributed by atoms with Gasteiger partial charge < -0.3 is 10.3 Å². The van der Waals surface area contributed by atoms with E-state index in [0.717, 1.165) is 18.2 Å². The summed E-state index contributed by atoms with van der Waals surface area (Å²) in [6.07, 6.45) is 1.44. The number of nitrogens with one attached hydrogen (secondary N) is 2. The minimum atomic E-state index is -0.769. The van der Waals surface area contributed by atoms with Gasteiger partial charge in [-0.25, -0.2) is 8.78 Å². The molecule has 0 aliphatic carbocycles. The molecular weight excluding hydrogens is 320 g/mol. The molecule has 1 aromatic heterocycles. The van der Waals surface area contributed by atoms with Crippen molar-refractivity contribution in [3.05, 3.63) is 76.8 Å². The number of nitrogens with zero attached hydrogens (tertiary/aromatic N) is 1. The monoisotopic (exact) mass is 331 g/mol. The van der Waals surface area contributed by atoms with Crippen LogP contribution in [0.2, 0.25) is 0 Å². The lowest BCUT2D eigenvalue weighted by Crippen LogP contribution is -2.16. The zero-order chi connectivity index (χ0) is 16.4. The fourth-order valence-electron chi connectivity index (χ4n) is 2.19. The maximum atomic E-state index is 13.2. The molecule has 0 aliphatic rings. The zero-order valence-corrected chi connectivity index (χ0v) is 12.5. The van der Waals surface area contributed by atoms with Gasteiger partial charge in [0.1, 0.15) is 17.3 Å². The summed E-state index contributed by atoms with van der Waals surface area (Å²) in [5, 5.41) is 2.46. The van der Waals surface area contributed by atoms with Gasteiger partial charge in [-0.3, -0.25) is 9.36 Å². The van der Waals surface area contributed by atoms with E-state index < -0.39 is 17.5 Å². The van der Waals surface area contributed by atoms with Crippen LogP contribution < -0.4 is 5.32 Å². The van der Waals surface area contributed by atoms with E-state index >= 15 is 0 Å². The van der Waals surface area contributed by atoms with Gasteiger partial charge >= 0.3 is 0 Å². The standard InChI is InChI=1S/C16H11F2N3OS/c17-10-6-11(18)8-12(7-10)20-15(22)14-9-19-16(23)21(14)13-4-2-1-3-5-13/h1-9H,(H,19,23)(H,20,22). The summed E-state index contributed by atoms with van der Waals surface area (Å²) >= 11 is 5.19. The molecule has 3 aromatic rings. The molecule has 0 fully saturated rings. The van der Waals surface area contributed by atoms with Crippen LogP contribution in [0.5, 0.6) is 0 Å². The van der Waals surface area contributed by atoms with Crippen molar-refractivity contribution in [1.82, 2.24) is 9.55 Å². The molecule has 4 nitrogen and oxygen atoms in total. The van der Waals surface area contributed by atoms with Gasteiger partial charge in [-0.1, -0.05) is 18.2 Å². The van der Waals surface area contributed by atoms with Crippen molar-refractivity contribution < 1.29 is 13.6 Å². The van der Waals surface area contributed by atoms with E-state index in [1.54, 1.807) is 16.7 Å². The van der Waals surface area contributed by atoms with E-state index in [0.29, 0.717) is 10.5 Å². The molecule has 0 atom stereocenters. The van der Waals surface area contributed by atoms with Crippen LogP contribution in [0, 0.1) is 16.4 Å². The average molecular weight is 331 g/mol. The first-order valence-corrected chi connectivity index (χ1v) is 7.09. The Morgan fingerprint density at radius 3 is 2.39 bits per heavy atom. The lowest BCUT2D eigenvalue weighted by molar-refractivity contribution is 0.102. The molecule has 0 saturated carbocycles. The minimum Gasteiger partial charge on any atom is -0.336 e. The topological polar surface area (TPSA) is 49.8 Å². The summed E-state index contributed by atoms with van der Waals surface area (Å²) < 4.78 is 28.3. The number of halogens is 2. The highest BCUT2D eigenvalue weighted by molar-refractivity contribution is 7.71. The number of imidazole rings is 1. The maximum Gasteiger partial charge on any atom is 0.274 e. The Labute approximate surface area is 135 Å². The molecule has 1 heterocycles. The number of hydrogen-bond acceptors (Lipinski definition) is 2. The van der Waals surface area contributed by atoms with E-state index in [9.17, 15) is 13.6 Å². The molecular formula is C16H11F2N3OS. The summed E-state index contributed by atoms with van der Waals surface area (Å²) in [6.45, 7) is 0. The molecule has 2 N–H and O–H groups in total. The third-order valence-corrected chi connectivity index (χ3v) is 3.44. The average Bonchev–Trinajstić information content (AvgIpc) is 2.89. The Morgan fingerprint density at radius 1 is 1.09 bits per heavy atom. The van der Waals surface area contributed by atoms with E-state index in [1.165, 1.54) is 6.20 Å². The predicted molar refractivity (Wildman–Crippen MR) is 85.3 cm³/mol. The minimum absolute atomic E-state index is 0.0271. The lowest BCUT2D eigenvalue weighted by atomic mass is 10.2. The number of hydrogen-bond donors (Lipinski definition) is 2. The maximum absolute atomic E-state index is 13.2. The highest BCUT2D eigenvalue weighted by atomic mass is 32.1. The molecule has 0 spiro atoms. The number of para-hydroxylation sites is 1. The van der Waals surface area contributed by atoms with E-state index in [1.807, 2.05) is 18.2 Å². The summed E-state index contributed by atoms with van der Waals surface area (Å²) in [7, 11) is 0. The molecule has 23 heavy (non-hydrogen) atoms. The normalized spacial score (nSPS) is 10.5. The molecule has 116 valence electrons. The van der Waals surface area contributed by atoms with Crippen molar-refractivity contribution >= 4 is 23.8 Å². The Bertz CT molecular complexity index is 898. The molecule has 1 amide bonds. The fourth-order valence-corrected chi connectivity index (χ4v) is 2.45. The molecule has 0 bridgehead atoms. The van der Waals surface area contributed by atoms with Crippen LogP contribution in [0.1, 0.15) is 10.5 Å². The molecule has 0 unspecified atom stereocenters. The van der Waals surface area contributed by atoms with Crippen LogP contribution in [0.4, 0.5) is 14.5 Å². The van der Waals surface area contributed by atoms with E-state index in [2.05, 4.69) is 10.3 Å². The van der Waals surface area contributed by atoms with Crippen molar-refractivity contribution in [3.8, 4) is 5.69 Å². The van der Waals surface area contributed by atoms with E-state index in [4.69, 9.17) is 12.2 Å². The molecule has 3 rings (SSSR count). The van der Waals surface area contributed by atoms with Crippen molar-refractivity contribution in [2.75, 3.05) is 5.32 Å². The lowest BCUT2D eigenvalue weighted by Gasteiger charge is -2.09. The van der Waals surface area contributed by atoms with Crippen LogP contribution in [-0.2, 0) is 0 Å². The van der Waals surface area contributed by atoms with Gasteiger partial charge in [0.05, 0.1) is 0 Å². The van der Waals surface area contributed by atoms with Gasteiger partial charge in [0.2, 0.25) is 0 Å². The van der Waals surface area contributed by atoms with Gasteiger partial charge in [-0.15, -0.1) is 0 Å². The second kappa shape index (κ2) is 6.13. The fraction of sp³-hybridized carbons (Fsp3) is 0. The van der Waals surface area contributed by atoms with Crippen LogP contribution in [0.15, 0.2) is 54.7 Å². The Hall–Kier alpha value is -2.80. The third-order valence-electron chi connectivity index (χ3n) is 3.14. The number of anilines is 1. The van der Waals surface area contributed by atoms with E-state index in [-0.39, 0.29) is 11.4 Å². The quantitative estimate of drug-likeness (QED) is 0.711. The molecule has 0 radical (unpaired) electrons. The SMILES string of the molecule is O=C(Nc1cc(F)cc(F)c1)c1c[nH]c(=S)n1-c1ccccc1. The van der Waals surface area contributed by atoms with Gasteiger partial charge in [0, 0.05) is 23.6 Å². The predicted octanol–water partition coefficient (Wildman–Crippen LogP) is 4.07. The number of aromatic amines is 1. The summed E-state index contributed by atoms with van der Waals surface area (Å²) in [5.74, 6) is -2.07. The number of aromatic nitrogens is 2. The number of benzene rings is 2. The number of H-pyrrole nitrogens is 1. The molecule has 0 aliphatic heterocycles. The third kappa shape index (κ3) is 3.19. The van der Waals surface area contributed by atoms with Crippen molar-refractivity contribution in [2.24, 2.45) is 0 Å². The Balaban J connectivity index is 1.96. The van der Waals surface area contributed by atoms with Gasteiger partial charge in [-0.05, 0) is 36.5 Å². The summed E-state index contributed by atoms with van der Waals surface area (Å²) in [4.78, 5) is 15.2. The van der Waals surface area contributed by atoms with Crippen molar-refractivity contribution in [3.63, 3.8) is 0 Å². The number of carbonyl (C=O) groups excluding carboxylic acids is 1. The second-order valence-corrected chi connectivity index (χ2v) is 5.15. The second-order valence-electron chi connectivity index (χ2n) is 4.76. The Kier molecular flexibility index (Phi) is 4.03. The van der Waals surface area contributed by atoms with Gasteiger partial charge in [0.15, 0.2) is 4.77 Å². The van der Waals surface area contributed by atoms with Gasteiger partial charge in [-0.2, -0.15) is 0 Å². The largest absolute Gasteiger partial charge is 0.336 e. The Morgan fingerprint density at radius 2 is 1.74 bits per heavy atom. The number of amides is 1. The van der Waals surface area contributed by atoms with Crippen LogP contribution in [0.3, 0.4) is 0 Å². The van der Waals surface area contributed by atoms with Crippen molar-refractivity contribution in [2.45, 2.75) is 0 Å².